The molecule has 0 fully saturated rings. The van der Waals surface area contributed by atoms with E-state index in [1.807, 2.05) is 22.6 Å². The lowest BCUT2D eigenvalue weighted by molar-refractivity contribution is 0.382. The van der Waals surface area contributed by atoms with Crippen molar-refractivity contribution in [3.63, 3.8) is 0 Å². The van der Waals surface area contributed by atoms with Gasteiger partial charge in [0.2, 0.25) is 0 Å². The van der Waals surface area contributed by atoms with Gasteiger partial charge in [-0.1, -0.05) is 33.1 Å². The van der Waals surface area contributed by atoms with Gasteiger partial charge in [0.1, 0.15) is 0 Å². The third-order valence-electron chi connectivity index (χ3n) is 2.86. The van der Waals surface area contributed by atoms with Crippen molar-refractivity contribution in [1.82, 2.24) is 9.55 Å². The highest BCUT2D eigenvalue weighted by molar-refractivity contribution is 14.1. The first-order valence-electron chi connectivity index (χ1n) is 5.89. The van der Waals surface area contributed by atoms with E-state index in [4.69, 9.17) is 0 Å². The van der Waals surface area contributed by atoms with Crippen molar-refractivity contribution in [3.05, 3.63) is 26.4 Å². The molecule has 1 unspecified atom stereocenters. The van der Waals surface area contributed by atoms with E-state index in [-0.39, 0.29) is 5.56 Å². The maximum atomic E-state index is 11.8. The summed E-state index contributed by atoms with van der Waals surface area (Å²) in [5.41, 5.74) is 0.0885. The summed E-state index contributed by atoms with van der Waals surface area (Å²) in [5.74, 6) is 0.595. The van der Waals surface area contributed by atoms with Crippen LogP contribution in [0.2, 0.25) is 0 Å². The molecule has 0 bridgehead atoms. The van der Waals surface area contributed by atoms with Gasteiger partial charge in [0.25, 0.3) is 5.56 Å². The Balaban J connectivity index is 2.70. The lowest BCUT2D eigenvalue weighted by Gasteiger charge is -2.15. The van der Waals surface area contributed by atoms with Crippen LogP contribution < -0.4 is 5.56 Å². The fourth-order valence-corrected chi connectivity index (χ4v) is 2.22. The Morgan fingerprint density at radius 2 is 2.25 bits per heavy atom. The summed E-state index contributed by atoms with van der Waals surface area (Å²) < 4.78 is 2.44. The van der Waals surface area contributed by atoms with Gasteiger partial charge in [0, 0.05) is 12.7 Å². The molecule has 0 amide bonds. The summed E-state index contributed by atoms with van der Waals surface area (Å²) >= 11 is 2.04. The number of nitrogens with zero attached hydrogens (tertiary/aromatic N) is 2. The van der Waals surface area contributed by atoms with Crippen LogP contribution in [0.3, 0.4) is 0 Å². The Morgan fingerprint density at radius 3 is 2.88 bits per heavy atom. The molecule has 90 valence electrons. The molecular weight excluding hydrogens is 315 g/mol. The monoisotopic (exact) mass is 334 g/mol. The van der Waals surface area contributed by atoms with Crippen molar-refractivity contribution in [3.8, 4) is 0 Å². The summed E-state index contributed by atoms with van der Waals surface area (Å²) in [6, 6.07) is 0. The van der Waals surface area contributed by atoms with Crippen molar-refractivity contribution in [2.45, 2.75) is 46.1 Å². The molecule has 0 radical (unpaired) electrons. The maximum absolute atomic E-state index is 11.8. The first-order chi connectivity index (χ1) is 7.69. The Morgan fingerprint density at radius 1 is 1.50 bits per heavy atom. The van der Waals surface area contributed by atoms with Gasteiger partial charge in [-0.05, 0) is 34.9 Å². The van der Waals surface area contributed by atoms with Crippen LogP contribution in [0.25, 0.3) is 0 Å². The molecule has 1 rings (SSSR count). The highest BCUT2D eigenvalue weighted by Crippen LogP contribution is 2.14. The molecule has 3 nitrogen and oxygen atoms in total. The third-order valence-corrected chi connectivity index (χ3v) is 3.60. The summed E-state index contributed by atoms with van der Waals surface area (Å²) in [5, 5.41) is 0. The van der Waals surface area contributed by atoms with Crippen LogP contribution in [-0.2, 0) is 6.54 Å². The van der Waals surface area contributed by atoms with E-state index in [2.05, 4.69) is 18.8 Å². The van der Waals surface area contributed by atoms with Crippen LogP contribution in [0.4, 0.5) is 0 Å². The normalized spacial score (nSPS) is 12.7. The summed E-state index contributed by atoms with van der Waals surface area (Å²) in [7, 11) is 0. The molecule has 1 heterocycles. The van der Waals surface area contributed by atoms with Crippen LogP contribution in [0.5, 0.6) is 0 Å². The smallest absolute Gasteiger partial charge is 0.266 e. The Kier molecular flexibility index (Phi) is 6.01. The van der Waals surface area contributed by atoms with E-state index in [0.717, 1.165) is 13.0 Å². The minimum absolute atomic E-state index is 0.0885. The van der Waals surface area contributed by atoms with Crippen LogP contribution in [0.1, 0.15) is 39.5 Å². The van der Waals surface area contributed by atoms with Crippen LogP contribution in [0, 0.1) is 9.49 Å². The Bertz CT molecular complexity index is 376. The predicted molar refractivity (Wildman–Crippen MR) is 74.5 cm³/mol. The fraction of sp³-hybridized carbons (Fsp3) is 0.667. The van der Waals surface area contributed by atoms with Gasteiger partial charge in [-0.2, -0.15) is 0 Å². The average molecular weight is 334 g/mol. The minimum Gasteiger partial charge on any atom is -0.298 e. The van der Waals surface area contributed by atoms with Crippen molar-refractivity contribution in [2.75, 3.05) is 0 Å². The number of rotatable bonds is 6. The van der Waals surface area contributed by atoms with Crippen LogP contribution in [0.15, 0.2) is 17.3 Å². The van der Waals surface area contributed by atoms with Crippen molar-refractivity contribution in [1.29, 1.82) is 0 Å². The second-order valence-electron chi connectivity index (χ2n) is 4.12. The van der Waals surface area contributed by atoms with Crippen LogP contribution >= 0.6 is 22.6 Å². The zero-order valence-electron chi connectivity index (χ0n) is 9.95. The number of hydrogen-bond donors (Lipinski definition) is 0. The van der Waals surface area contributed by atoms with Gasteiger partial charge in [-0.15, -0.1) is 0 Å². The van der Waals surface area contributed by atoms with E-state index in [0.29, 0.717) is 9.49 Å². The second kappa shape index (κ2) is 7.04. The number of hydrogen-bond acceptors (Lipinski definition) is 2. The van der Waals surface area contributed by atoms with Gasteiger partial charge >= 0.3 is 0 Å². The lowest BCUT2D eigenvalue weighted by atomic mass is 9.99. The summed E-state index contributed by atoms with van der Waals surface area (Å²) in [6.07, 6.45) is 8.05. The van der Waals surface area contributed by atoms with E-state index < -0.39 is 0 Å². The predicted octanol–water partition coefficient (Wildman–Crippen LogP) is 3.06. The number of aromatic nitrogens is 2. The highest BCUT2D eigenvalue weighted by atomic mass is 127. The summed E-state index contributed by atoms with van der Waals surface area (Å²) in [6.45, 7) is 5.19. The standard InChI is InChI=1S/C12H19IN2O/c1-3-5-6-10(4-2)8-15-9-14-7-11(13)12(15)16/h7,9-10H,3-6,8H2,1-2H3. The van der Waals surface area contributed by atoms with Crippen LogP contribution in [-0.4, -0.2) is 9.55 Å². The molecule has 0 aliphatic carbocycles. The molecule has 0 N–H and O–H groups in total. The zero-order valence-corrected chi connectivity index (χ0v) is 12.1. The molecule has 1 aromatic heterocycles. The molecule has 0 aliphatic heterocycles. The Hall–Kier alpha value is -0.390. The SMILES string of the molecule is CCCCC(CC)Cn1cncc(I)c1=O. The number of unbranched alkanes of at least 4 members (excludes halogenated alkanes) is 1. The van der Waals surface area contributed by atoms with Crippen molar-refractivity contribution >= 4 is 22.6 Å². The van der Waals surface area contributed by atoms with E-state index in [1.54, 1.807) is 17.1 Å². The third kappa shape index (κ3) is 3.88. The Labute approximate surface area is 110 Å². The van der Waals surface area contributed by atoms with Gasteiger partial charge in [0.05, 0.1) is 9.90 Å². The van der Waals surface area contributed by atoms with Gasteiger partial charge in [-0.25, -0.2) is 4.98 Å². The molecule has 16 heavy (non-hydrogen) atoms. The van der Waals surface area contributed by atoms with Crippen molar-refractivity contribution < 1.29 is 0 Å². The maximum Gasteiger partial charge on any atom is 0.266 e. The van der Waals surface area contributed by atoms with E-state index in [9.17, 15) is 4.79 Å². The molecule has 0 spiro atoms. The summed E-state index contributed by atoms with van der Waals surface area (Å²) in [4.78, 5) is 15.9. The van der Waals surface area contributed by atoms with Gasteiger partial charge < -0.3 is 0 Å². The average Bonchev–Trinajstić information content (AvgIpc) is 2.30. The first-order valence-corrected chi connectivity index (χ1v) is 6.96. The molecular formula is C12H19IN2O. The second-order valence-corrected chi connectivity index (χ2v) is 5.28. The van der Waals surface area contributed by atoms with Gasteiger partial charge in [0.15, 0.2) is 0 Å². The van der Waals surface area contributed by atoms with E-state index in [1.165, 1.54) is 19.3 Å². The zero-order chi connectivity index (χ0) is 12.0. The highest BCUT2D eigenvalue weighted by Gasteiger charge is 2.09. The van der Waals surface area contributed by atoms with E-state index >= 15 is 0 Å². The quantitative estimate of drug-likeness (QED) is 0.750. The number of halogens is 1. The molecule has 4 heteroatoms. The molecule has 1 aromatic rings. The van der Waals surface area contributed by atoms with Crippen molar-refractivity contribution in [2.24, 2.45) is 5.92 Å². The minimum atomic E-state index is 0.0885. The molecule has 0 saturated heterocycles. The molecule has 0 saturated carbocycles. The first kappa shape index (κ1) is 13.7. The fourth-order valence-electron chi connectivity index (χ4n) is 1.75. The topological polar surface area (TPSA) is 34.9 Å². The molecule has 0 aromatic carbocycles. The lowest BCUT2D eigenvalue weighted by Crippen LogP contribution is -2.25. The largest absolute Gasteiger partial charge is 0.298 e. The van der Waals surface area contributed by atoms with Gasteiger partial charge in [-0.3, -0.25) is 9.36 Å². The molecule has 1 atom stereocenters. The molecule has 0 aliphatic rings.